The van der Waals surface area contributed by atoms with Crippen LogP contribution in [0, 0.1) is 5.41 Å². The van der Waals surface area contributed by atoms with E-state index in [2.05, 4.69) is 18.8 Å². The third-order valence-electron chi connectivity index (χ3n) is 4.30. The van der Waals surface area contributed by atoms with Crippen LogP contribution < -0.4 is 5.56 Å². The summed E-state index contributed by atoms with van der Waals surface area (Å²) in [6, 6.07) is 2.61. The number of nitrogens with one attached hydrogen (secondary N) is 1. The zero-order valence-electron chi connectivity index (χ0n) is 11.3. The molecule has 5 nitrogen and oxygen atoms in total. The molecule has 1 saturated heterocycles. The lowest BCUT2D eigenvalue weighted by atomic mass is 9.82. The molecule has 1 aromatic rings. The highest BCUT2D eigenvalue weighted by atomic mass is 32.2. The van der Waals surface area contributed by atoms with Gasteiger partial charge in [-0.2, -0.15) is 4.31 Å². The molecular weight excluding hydrogens is 264 g/mol. The van der Waals surface area contributed by atoms with E-state index in [-0.39, 0.29) is 15.9 Å². The summed E-state index contributed by atoms with van der Waals surface area (Å²) in [4.78, 5) is 13.6. The maximum absolute atomic E-state index is 12.5. The van der Waals surface area contributed by atoms with Gasteiger partial charge in [-0.3, -0.25) is 4.79 Å². The highest BCUT2D eigenvalue weighted by Crippen LogP contribution is 2.39. The minimum Gasteiger partial charge on any atom is -0.328 e. The largest absolute Gasteiger partial charge is 0.328 e. The summed E-state index contributed by atoms with van der Waals surface area (Å²) in [6.07, 6.45) is 4.15. The average molecular weight is 284 g/mol. The predicted octanol–water partition coefficient (Wildman–Crippen LogP) is 1.58. The number of sulfonamides is 1. The van der Waals surface area contributed by atoms with Crippen molar-refractivity contribution in [3.63, 3.8) is 0 Å². The van der Waals surface area contributed by atoms with Gasteiger partial charge in [-0.15, -0.1) is 0 Å². The van der Waals surface area contributed by atoms with Crippen LogP contribution >= 0.6 is 0 Å². The van der Waals surface area contributed by atoms with Crippen molar-refractivity contribution in [1.29, 1.82) is 0 Å². The number of pyridine rings is 1. The molecule has 0 bridgehead atoms. The number of aromatic nitrogens is 1. The first kappa shape index (κ1) is 14.3. The highest BCUT2D eigenvalue weighted by Gasteiger charge is 2.40. The van der Waals surface area contributed by atoms with Crippen LogP contribution in [0.3, 0.4) is 0 Å². The normalized spacial score (nSPS) is 19.7. The fourth-order valence-corrected chi connectivity index (χ4v) is 4.15. The molecule has 0 atom stereocenters. The van der Waals surface area contributed by atoms with E-state index < -0.39 is 10.0 Å². The van der Waals surface area contributed by atoms with E-state index >= 15 is 0 Å². The standard InChI is InChI=1S/C13H20N2O3S/c1-3-13(4-2)7-8-15(10-13)19(17,18)11-5-6-12(16)14-9-11/h5-6,9H,3-4,7-8,10H2,1-2H3,(H,14,16). The van der Waals surface area contributed by atoms with Gasteiger partial charge >= 0.3 is 0 Å². The number of hydrogen-bond acceptors (Lipinski definition) is 3. The van der Waals surface area contributed by atoms with Gasteiger partial charge in [-0.25, -0.2) is 8.42 Å². The Morgan fingerprint density at radius 3 is 2.47 bits per heavy atom. The van der Waals surface area contributed by atoms with Crippen molar-refractivity contribution < 1.29 is 8.42 Å². The molecule has 1 N–H and O–H groups in total. The van der Waals surface area contributed by atoms with Gasteiger partial charge < -0.3 is 4.98 Å². The number of rotatable bonds is 4. The van der Waals surface area contributed by atoms with Crippen molar-refractivity contribution in [2.45, 2.75) is 38.0 Å². The Hall–Kier alpha value is -1.14. The maximum atomic E-state index is 12.5. The van der Waals surface area contributed by atoms with Gasteiger partial charge in [0.05, 0.1) is 4.90 Å². The number of aromatic amines is 1. The summed E-state index contributed by atoms with van der Waals surface area (Å²) in [5, 5.41) is 0. The van der Waals surface area contributed by atoms with Crippen LogP contribution in [0.2, 0.25) is 0 Å². The highest BCUT2D eigenvalue weighted by molar-refractivity contribution is 7.89. The second kappa shape index (κ2) is 5.09. The van der Waals surface area contributed by atoms with Crippen molar-refractivity contribution in [3.8, 4) is 0 Å². The molecule has 19 heavy (non-hydrogen) atoms. The molecule has 6 heteroatoms. The van der Waals surface area contributed by atoms with E-state index in [1.165, 1.54) is 22.6 Å². The second-order valence-corrected chi connectivity index (χ2v) is 7.12. The SMILES string of the molecule is CCC1(CC)CCN(S(=O)(=O)c2ccc(=O)[nH]c2)C1. The fourth-order valence-electron chi connectivity index (χ4n) is 2.63. The van der Waals surface area contributed by atoms with Crippen molar-refractivity contribution >= 4 is 10.0 Å². The van der Waals surface area contributed by atoms with E-state index in [0.29, 0.717) is 13.1 Å². The third-order valence-corrected chi connectivity index (χ3v) is 6.14. The van der Waals surface area contributed by atoms with Crippen LogP contribution in [0.5, 0.6) is 0 Å². The molecule has 0 spiro atoms. The molecule has 2 rings (SSSR count). The Bertz CT molecular complexity index is 582. The molecule has 1 fully saturated rings. The molecule has 1 aliphatic rings. The Morgan fingerprint density at radius 2 is 2.00 bits per heavy atom. The third kappa shape index (κ3) is 2.60. The summed E-state index contributed by atoms with van der Waals surface area (Å²) >= 11 is 0. The van der Waals surface area contributed by atoms with E-state index in [1.807, 2.05) is 0 Å². The zero-order valence-corrected chi connectivity index (χ0v) is 12.2. The quantitative estimate of drug-likeness (QED) is 0.912. The molecule has 0 unspecified atom stereocenters. The maximum Gasteiger partial charge on any atom is 0.247 e. The van der Waals surface area contributed by atoms with Crippen molar-refractivity contribution in [3.05, 3.63) is 28.7 Å². The molecule has 106 valence electrons. The lowest BCUT2D eigenvalue weighted by Crippen LogP contribution is -2.32. The summed E-state index contributed by atoms with van der Waals surface area (Å²) < 4.78 is 26.5. The lowest BCUT2D eigenvalue weighted by molar-refractivity contribution is 0.279. The first-order valence-corrected chi connectivity index (χ1v) is 8.06. The Balaban J connectivity index is 2.27. The molecule has 1 aromatic heterocycles. The Kier molecular flexibility index (Phi) is 3.82. The number of hydrogen-bond donors (Lipinski definition) is 1. The summed E-state index contributed by atoms with van der Waals surface area (Å²) in [6.45, 7) is 5.35. The van der Waals surface area contributed by atoms with Gasteiger partial charge in [-0.05, 0) is 30.7 Å². The Labute approximate surface area is 113 Å². The van der Waals surface area contributed by atoms with Crippen LogP contribution in [0.4, 0.5) is 0 Å². The topological polar surface area (TPSA) is 70.2 Å². The number of nitrogens with zero attached hydrogens (tertiary/aromatic N) is 1. The van der Waals surface area contributed by atoms with Gasteiger partial charge in [0.15, 0.2) is 0 Å². The van der Waals surface area contributed by atoms with Gasteiger partial charge in [-0.1, -0.05) is 13.8 Å². The van der Waals surface area contributed by atoms with Gasteiger partial charge in [0.2, 0.25) is 15.6 Å². The summed E-state index contributed by atoms with van der Waals surface area (Å²) in [5.74, 6) is 0. The zero-order chi connectivity index (χ0) is 14.1. The molecule has 2 heterocycles. The second-order valence-electron chi connectivity index (χ2n) is 5.18. The smallest absolute Gasteiger partial charge is 0.247 e. The van der Waals surface area contributed by atoms with Gasteiger partial charge in [0.25, 0.3) is 0 Å². The van der Waals surface area contributed by atoms with Crippen LogP contribution in [-0.4, -0.2) is 30.8 Å². The lowest BCUT2D eigenvalue weighted by Gasteiger charge is -2.26. The van der Waals surface area contributed by atoms with Crippen molar-refractivity contribution in [2.24, 2.45) is 5.41 Å². The monoisotopic (exact) mass is 284 g/mol. The molecule has 0 saturated carbocycles. The fraction of sp³-hybridized carbons (Fsp3) is 0.615. The van der Waals surface area contributed by atoms with Crippen LogP contribution in [0.1, 0.15) is 33.1 Å². The van der Waals surface area contributed by atoms with Crippen LogP contribution in [-0.2, 0) is 10.0 Å². The van der Waals surface area contributed by atoms with Crippen LogP contribution in [0.25, 0.3) is 0 Å². The van der Waals surface area contributed by atoms with Crippen molar-refractivity contribution in [1.82, 2.24) is 9.29 Å². The van der Waals surface area contributed by atoms with Crippen molar-refractivity contribution in [2.75, 3.05) is 13.1 Å². The van der Waals surface area contributed by atoms with E-state index in [0.717, 1.165) is 19.3 Å². The van der Waals surface area contributed by atoms with E-state index in [4.69, 9.17) is 0 Å². The van der Waals surface area contributed by atoms with E-state index in [1.54, 1.807) is 0 Å². The minimum atomic E-state index is -3.48. The van der Waals surface area contributed by atoms with Crippen LogP contribution in [0.15, 0.2) is 28.0 Å². The predicted molar refractivity (Wildman–Crippen MR) is 73.5 cm³/mol. The van der Waals surface area contributed by atoms with Gasteiger partial charge in [0, 0.05) is 25.4 Å². The first-order chi connectivity index (χ1) is 8.93. The molecular formula is C13H20N2O3S. The number of H-pyrrole nitrogens is 1. The molecule has 0 aromatic carbocycles. The summed E-state index contributed by atoms with van der Waals surface area (Å²) in [7, 11) is -3.48. The van der Waals surface area contributed by atoms with Gasteiger partial charge in [0.1, 0.15) is 0 Å². The molecule has 0 radical (unpaired) electrons. The molecule has 0 amide bonds. The first-order valence-electron chi connectivity index (χ1n) is 6.62. The molecule has 0 aliphatic carbocycles. The Morgan fingerprint density at radius 1 is 1.32 bits per heavy atom. The average Bonchev–Trinajstić information content (AvgIpc) is 2.85. The molecule has 1 aliphatic heterocycles. The minimum absolute atomic E-state index is 0.106. The summed E-state index contributed by atoms with van der Waals surface area (Å²) in [5.41, 5.74) is -0.188. The van der Waals surface area contributed by atoms with E-state index in [9.17, 15) is 13.2 Å².